The summed E-state index contributed by atoms with van der Waals surface area (Å²) in [6.45, 7) is 4.48. The van der Waals surface area contributed by atoms with Crippen molar-refractivity contribution in [1.29, 1.82) is 5.41 Å². The van der Waals surface area contributed by atoms with E-state index in [4.69, 9.17) is 15.9 Å². The molecule has 2 aliphatic rings. The first-order valence-electron chi connectivity index (χ1n) is 13.6. The first-order valence-corrected chi connectivity index (χ1v) is 13.6. The summed E-state index contributed by atoms with van der Waals surface area (Å²) in [5.41, 5.74) is 8.92. The van der Waals surface area contributed by atoms with Crippen LogP contribution in [-0.4, -0.2) is 52.4 Å². The lowest BCUT2D eigenvalue weighted by Crippen LogP contribution is -2.29. The third-order valence-electron chi connectivity index (χ3n) is 6.59. The highest BCUT2D eigenvalue weighted by Crippen LogP contribution is 2.27. The van der Waals surface area contributed by atoms with Gasteiger partial charge in [-0.2, -0.15) is 4.99 Å². The number of aromatic nitrogens is 1. The summed E-state index contributed by atoms with van der Waals surface area (Å²) in [6.07, 6.45) is 1.57. The standard InChI is InChI=1S/C28H28FN7O3.C2H6/c29-18-13-22(32-14-16-10-11-19(37)12-16)24(33-15-18)25(30)39-28(31)36-26-27(38)34-21-9-5-4-8-20(21)23(35-26)17-6-2-1-3-7-17;1-2/h1-9,13,15-16,19,26,30,32,37H,10-12,14H2,(H2,31,36)(H,34,38);1-2H3. The largest absolute Gasteiger partial charge is 0.405 e. The zero-order valence-electron chi connectivity index (χ0n) is 23.0. The quantitative estimate of drug-likeness (QED) is 0.224. The summed E-state index contributed by atoms with van der Waals surface area (Å²) in [5, 5.41) is 24.1. The Kier molecular flexibility index (Phi) is 9.75. The number of carbonyl (C=O) groups excluding carboxylic acids is 1. The van der Waals surface area contributed by atoms with E-state index in [0.717, 1.165) is 30.2 Å². The van der Waals surface area contributed by atoms with Crippen LogP contribution in [0.1, 0.15) is 49.9 Å². The summed E-state index contributed by atoms with van der Waals surface area (Å²) in [7, 11) is 0. The second kappa shape index (κ2) is 13.6. The third kappa shape index (κ3) is 7.31. The fourth-order valence-corrected chi connectivity index (χ4v) is 4.70. The number of aliphatic imine (C=N–C) groups is 2. The molecule has 10 nitrogen and oxygen atoms in total. The minimum atomic E-state index is -1.28. The van der Waals surface area contributed by atoms with E-state index in [1.165, 1.54) is 6.07 Å². The Labute approximate surface area is 238 Å². The van der Waals surface area contributed by atoms with E-state index in [-0.39, 0.29) is 23.4 Å². The minimum absolute atomic E-state index is 0.0271. The highest BCUT2D eigenvalue weighted by Gasteiger charge is 2.27. The van der Waals surface area contributed by atoms with Gasteiger partial charge in [0.2, 0.25) is 12.1 Å². The van der Waals surface area contributed by atoms with Crippen molar-refractivity contribution in [1.82, 2.24) is 4.98 Å². The summed E-state index contributed by atoms with van der Waals surface area (Å²) in [4.78, 5) is 25.7. The van der Waals surface area contributed by atoms with E-state index >= 15 is 0 Å². The number of anilines is 2. The van der Waals surface area contributed by atoms with Crippen LogP contribution in [-0.2, 0) is 9.53 Å². The lowest BCUT2D eigenvalue weighted by molar-refractivity contribution is -0.117. The molecule has 1 amide bonds. The number of benzodiazepines with no additional fused rings is 1. The number of hydrogen-bond acceptors (Lipinski definition) is 8. The zero-order valence-corrected chi connectivity index (χ0v) is 23.0. The van der Waals surface area contributed by atoms with E-state index in [0.29, 0.717) is 24.4 Å². The predicted octanol–water partition coefficient (Wildman–Crippen LogP) is 4.29. The van der Waals surface area contributed by atoms with Gasteiger partial charge >= 0.3 is 0 Å². The van der Waals surface area contributed by atoms with Crippen LogP contribution in [0.2, 0.25) is 0 Å². The Morgan fingerprint density at radius 2 is 1.93 bits per heavy atom. The number of para-hydroxylation sites is 1. The van der Waals surface area contributed by atoms with Crippen molar-refractivity contribution in [2.24, 2.45) is 21.6 Å². The molecule has 1 aromatic heterocycles. The molecular formula is C30H34FN7O3. The molecule has 0 radical (unpaired) electrons. The van der Waals surface area contributed by atoms with Gasteiger partial charge in [-0.15, -0.1) is 0 Å². The van der Waals surface area contributed by atoms with E-state index in [1.807, 2.05) is 56.3 Å². The van der Waals surface area contributed by atoms with Gasteiger partial charge in [-0.25, -0.2) is 14.4 Å². The number of pyridine rings is 1. The fraction of sp³-hybridized carbons (Fsp3) is 0.300. The molecule has 6 N–H and O–H groups in total. The van der Waals surface area contributed by atoms with Crippen molar-refractivity contribution in [3.63, 3.8) is 0 Å². The molecule has 3 unspecified atom stereocenters. The van der Waals surface area contributed by atoms with Gasteiger partial charge in [0.05, 0.1) is 29.4 Å². The second-order valence-corrected chi connectivity index (χ2v) is 9.41. The first kappa shape index (κ1) is 29.3. The SMILES string of the molecule is CC.N=C(O/C(N)=N/C1N=C(c2ccccc2)c2ccccc2NC1=O)c1ncc(F)cc1NCC1CCC(O)C1. The number of aliphatic hydroxyl groups is 1. The van der Waals surface area contributed by atoms with Gasteiger partial charge in [-0.3, -0.25) is 10.2 Å². The Balaban J connectivity index is 0.00000189. The third-order valence-corrected chi connectivity index (χ3v) is 6.59. The molecule has 1 aliphatic heterocycles. The molecular weight excluding hydrogens is 525 g/mol. The number of amidine groups is 1. The molecule has 1 aliphatic carbocycles. The molecule has 3 aromatic rings. The first-order chi connectivity index (χ1) is 19.9. The predicted molar refractivity (Wildman–Crippen MR) is 158 cm³/mol. The molecule has 1 saturated carbocycles. The Bertz CT molecular complexity index is 1450. The molecule has 2 heterocycles. The van der Waals surface area contributed by atoms with Gasteiger partial charge in [-0.1, -0.05) is 62.4 Å². The monoisotopic (exact) mass is 559 g/mol. The fourth-order valence-electron chi connectivity index (χ4n) is 4.70. The van der Waals surface area contributed by atoms with Crippen molar-refractivity contribution in [3.05, 3.63) is 89.5 Å². The second-order valence-electron chi connectivity index (χ2n) is 9.41. The molecule has 0 bridgehead atoms. The Morgan fingerprint density at radius 3 is 2.66 bits per heavy atom. The molecule has 2 aromatic carbocycles. The van der Waals surface area contributed by atoms with Crippen molar-refractivity contribution in [3.8, 4) is 0 Å². The van der Waals surface area contributed by atoms with E-state index in [1.54, 1.807) is 12.1 Å². The molecule has 5 rings (SSSR count). The molecule has 41 heavy (non-hydrogen) atoms. The normalized spacial score (nSPS) is 20.0. The average molecular weight is 560 g/mol. The number of hydrogen-bond donors (Lipinski definition) is 5. The topological polar surface area (TPSA) is 158 Å². The summed E-state index contributed by atoms with van der Waals surface area (Å²) in [6, 6.07) is 17.4. The lowest BCUT2D eigenvalue weighted by Gasteiger charge is -2.15. The van der Waals surface area contributed by atoms with E-state index in [2.05, 4.69) is 25.6 Å². The number of nitrogens with two attached hydrogens (primary N) is 1. The van der Waals surface area contributed by atoms with Gasteiger partial charge in [-0.05, 0) is 31.2 Å². The Morgan fingerprint density at radius 1 is 1.20 bits per heavy atom. The summed E-state index contributed by atoms with van der Waals surface area (Å²) < 4.78 is 19.4. The van der Waals surface area contributed by atoms with Gasteiger partial charge < -0.3 is 26.2 Å². The van der Waals surface area contributed by atoms with Crippen LogP contribution < -0.4 is 16.4 Å². The number of halogens is 1. The molecule has 1 fully saturated rings. The zero-order chi connectivity index (χ0) is 29.4. The van der Waals surface area contributed by atoms with Crippen LogP contribution in [0.4, 0.5) is 15.8 Å². The van der Waals surface area contributed by atoms with Crippen LogP contribution in [0.3, 0.4) is 0 Å². The van der Waals surface area contributed by atoms with Crippen LogP contribution in [0, 0.1) is 17.1 Å². The van der Waals surface area contributed by atoms with Crippen molar-refractivity contribution in [2.45, 2.75) is 45.4 Å². The molecule has 11 heteroatoms. The summed E-state index contributed by atoms with van der Waals surface area (Å²) in [5.74, 6) is -1.37. The number of fused-ring (bicyclic) bond motifs is 1. The van der Waals surface area contributed by atoms with Gasteiger partial charge in [0.1, 0.15) is 11.5 Å². The van der Waals surface area contributed by atoms with Crippen LogP contribution in [0.5, 0.6) is 0 Å². The number of aliphatic hydroxyl groups excluding tert-OH is 1. The van der Waals surface area contributed by atoms with Crippen molar-refractivity contribution in [2.75, 3.05) is 17.2 Å². The van der Waals surface area contributed by atoms with Gasteiger partial charge in [0.25, 0.3) is 11.9 Å². The average Bonchev–Trinajstić information content (AvgIpc) is 3.34. The number of amides is 1. The Hall–Kier alpha value is -4.64. The number of rotatable bonds is 6. The van der Waals surface area contributed by atoms with Crippen LogP contribution >= 0.6 is 0 Å². The number of ether oxygens (including phenoxy) is 1. The minimum Gasteiger partial charge on any atom is -0.405 e. The van der Waals surface area contributed by atoms with Crippen LogP contribution in [0.15, 0.2) is 76.8 Å². The maximum Gasteiger partial charge on any atom is 0.291 e. The number of nitrogens with zero attached hydrogens (tertiary/aromatic N) is 3. The van der Waals surface area contributed by atoms with Gasteiger partial charge in [0.15, 0.2) is 0 Å². The highest BCUT2D eigenvalue weighted by atomic mass is 19.1. The van der Waals surface area contributed by atoms with Gasteiger partial charge in [0, 0.05) is 23.7 Å². The lowest BCUT2D eigenvalue weighted by atomic mass is 10.0. The van der Waals surface area contributed by atoms with E-state index in [9.17, 15) is 14.3 Å². The van der Waals surface area contributed by atoms with Crippen molar-refractivity contribution >= 4 is 34.9 Å². The number of nitrogens with one attached hydrogen (secondary N) is 3. The molecule has 3 atom stereocenters. The summed E-state index contributed by atoms with van der Waals surface area (Å²) >= 11 is 0. The highest BCUT2D eigenvalue weighted by molar-refractivity contribution is 6.19. The van der Waals surface area contributed by atoms with Crippen LogP contribution in [0.25, 0.3) is 0 Å². The smallest absolute Gasteiger partial charge is 0.291 e. The molecule has 0 saturated heterocycles. The number of carbonyl (C=O) groups is 1. The number of benzene rings is 2. The van der Waals surface area contributed by atoms with Crippen molar-refractivity contribution < 1.29 is 19.0 Å². The molecule has 214 valence electrons. The molecule has 0 spiro atoms. The maximum absolute atomic E-state index is 14.0. The maximum atomic E-state index is 14.0. The van der Waals surface area contributed by atoms with E-state index < -0.39 is 29.8 Å².